The van der Waals surface area contributed by atoms with Crippen LogP contribution in [0.5, 0.6) is 0 Å². The van der Waals surface area contributed by atoms with Gasteiger partial charge in [-0.25, -0.2) is 4.79 Å². The molecule has 2 heterocycles. The van der Waals surface area contributed by atoms with E-state index in [2.05, 4.69) is 37.0 Å². The van der Waals surface area contributed by atoms with E-state index in [1.54, 1.807) is 0 Å². The number of rotatable bonds is 4. The van der Waals surface area contributed by atoms with Crippen molar-refractivity contribution in [3.05, 3.63) is 46.2 Å². The van der Waals surface area contributed by atoms with E-state index in [1.807, 2.05) is 19.2 Å². The summed E-state index contributed by atoms with van der Waals surface area (Å²) in [5, 5.41) is 6.46. The summed E-state index contributed by atoms with van der Waals surface area (Å²) < 4.78 is 4.41. The molecule has 3 rings (SSSR count). The molecule has 0 saturated heterocycles. The fraction of sp³-hybridized carbons (Fsp3) is 0.400. The maximum absolute atomic E-state index is 12.3. The fourth-order valence-corrected chi connectivity index (χ4v) is 2.81. The average Bonchev–Trinajstić information content (AvgIpc) is 2.92. The zero-order chi connectivity index (χ0) is 15.5. The first kappa shape index (κ1) is 14.4. The van der Waals surface area contributed by atoms with Gasteiger partial charge in [0, 0.05) is 32.2 Å². The van der Waals surface area contributed by atoms with Crippen molar-refractivity contribution < 1.29 is 9.32 Å². The van der Waals surface area contributed by atoms with Crippen LogP contribution in [0.2, 0.25) is 0 Å². The van der Waals surface area contributed by atoms with Crippen molar-refractivity contribution in [2.45, 2.75) is 12.8 Å². The van der Waals surface area contributed by atoms with Gasteiger partial charge in [-0.1, -0.05) is 23.4 Å². The molecule has 0 fully saturated rings. The van der Waals surface area contributed by atoms with Crippen LogP contribution in [-0.4, -0.2) is 36.2 Å². The van der Waals surface area contributed by atoms with Gasteiger partial charge in [-0.2, -0.15) is 0 Å². The molecule has 1 atom stereocenters. The molecule has 1 aromatic heterocycles. The van der Waals surface area contributed by atoms with Crippen molar-refractivity contribution in [1.29, 1.82) is 0 Å². The Morgan fingerprint density at radius 2 is 2.32 bits per heavy atom. The number of aromatic amines is 1. The molecule has 1 aliphatic heterocycles. The molecule has 116 valence electrons. The van der Waals surface area contributed by atoms with Crippen molar-refractivity contribution in [3.63, 3.8) is 0 Å². The minimum absolute atomic E-state index is 0.0206. The summed E-state index contributed by atoms with van der Waals surface area (Å²) in [5.41, 5.74) is 2.38. The Hall–Kier alpha value is -2.57. The highest BCUT2D eigenvalue weighted by atomic mass is 16.5. The SMILES string of the molecule is CN1CC(C(=O)NCCc2noc(=O)[nH]2)Cc2ccccc21. The lowest BCUT2D eigenvalue weighted by Crippen LogP contribution is -2.42. The number of hydrogen-bond acceptors (Lipinski definition) is 5. The van der Waals surface area contributed by atoms with Gasteiger partial charge in [0.05, 0.1) is 5.92 Å². The average molecular weight is 302 g/mol. The zero-order valence-corrected chi connectivity index (χ0v) is 12.3. The van der Waals surface area contributed by atoms with E-state index in [9.17, 15) is 9.59 Å². The Kier molecular flexibility index (Phi) is 3.95. The molecule has 2 N–H and O–H groups in total. The van der Waals surface area contributed by atoms with Crippen molar-refractivity contribution in [1.82, 2.24) is 15.5 Å². The van der Waals surface area contributed by atoms with Crippen LogP contribution in [0.1, 0.15) is 11.4 Å². The first-order valence-corrected chi connectivity index (χ1v) is 7.25. The summed E-state index contributed by atoms with van der Waals surface area (Å²) in [6, 6.07) is 8.14. The number of para-hydroxylation sites is 1. The molecule has 0 radical (unpaired) electrons. The van der Waals surface area contributed by atoms with E-state index in [0.717, 1.165) is 6.42 Å². The monoisotopic (exact) mass is 302 g/mol. The molecule has 1 unspecified atom stereocenters. The molecule has 7 heteroatoms. The van der Waals surface area contributed by atoms with Gasteiger partial charge in [0.1, 0.15) is 0 Å². The number of fused-ring (bicyclic) bond motifs is 1. The first-order chi connectivity index (χ1) is 10.6. The standard InChI is InChI=1S/C15H18N4O3/c1-19-9-11(8-10-4-2-3-5-12(10)19)14(20)16-7-6-13-17-15(21)22-18-13/h2-5,11H,6-9H2,1H3,(H,16,20)(H,17,18,21). The van der Waals surface area contributed by atoms with Crippen LogP contribution in [0.25, 0.3) is 0 Å². The van der Waals surface area contributed by atoms with Crippen LogP contribution < -0.4 is 16.0 Å². The van der Waals surface area contributed by atoms with Gasteiger partial charge in [0.25, 0.3) is 0 Å². The summed E-state index contributed by atoms with van der Waals surface area (Å²) >= 11 is 0. The number of carbonyl (C=O) groups excluding carboxylic acids is 1. The Morgan fingerprint density at radius 1 is 1.50 bits per heavy atom. The molecule has 0 saturated carbocycles. The number of benzene rings is 1. The van der Waals surface area contributed by atoms with Gasteiger partial charge >= 0.3 is 5.76 Å². The smallest absolute Gasteiger partial charge is 0.374 e. The third-order valence-electron chi connectivity index (χ3n) is 3.88. The second-order valence-electron chi connectivity index (χ2n) is 5.49. The maximum Gasteiger partial charge on any atom is 0.438 e. The summed E-state index contributed by atoms with van der Waals surface area (Å²) in [7, 11) is 2.00. The van der Waals surface area contributed by atoms with Gasteiger partial charge in [0.15, 0.2) is 5.82 Å². The third-order valence-corrected chi connectivity index (χ3v) is 3.88. The van der Waals surface area contributed by atoms with Crippen LogP contribution in [0.4, 0.5) is 5.69 Å². The zero-order valence-electron chi connectivity index (χ0n) is 12.3. The molecular formula is C15H18N4O3. The van der Waals surface area contributed by atoms with E-state index in [0.29, 0.717) is 25.3 Å². The molecule has 0 aliphatic carbocycles. The third kappa shape index (κ3) is 3.03. The van der Waals surface area contributed by atoms with E-state index in [-0.39, 0.29) is 11.8 Å². The van der Waals surface area contributed by atoms with Gasteiger partial charge in [-0.15, -0.1) is 0 Å². The lowest BCUT2D eigenvalue weighted by atomic mass is 9.92. The van der Waals surface area contributed by atoms with Crippen LogP contribution in [0.3, 0.4) is 0 Å². The minimum atomic E-state index is -0.577. The number of nitrogens with one attached hydrogen (secondary N) is 2. The number of hydrogen-bond donors (Lipinski definition) is 2. The Morgan fingerprint density at radius 3 is 3.09 bits per heavy atom. The van der Waals surface area contributed by atoms with E-state index in [1.165, 1.54) is 11.3 Å². The number of H-pyrrole nitrogens is 1. The molecule has 1 aromatic carbocycles. The molecule has 2 aromatic rings. The molecule has 0 spiro atoms. The topological polar surface area (TPSA) is 91.2 Å². The molecule has 1 aliphatic rings. The lowest BCUT2D eigenvalue weighted by molar-refractivity contribution is -0.124. The predicted molar refractivity (Wildman–Crippen MR) is 80.7 cm³/mol. The quantitative estimate of drug-likeness (QED) is 0.849. The molecule has 0 bridgehead atoms. The van der Waals surface area contributed by atoms with Crippen LogP contribution in [0.15, 0.2) is 33.6 Å². The summed E-state index contributed by atoms with van der Waals surface area (Å²) in [4.78, 5) is 27.7. The second-order valence-corrected chi connectivity index (χ2v) is 5.49. The fourth-order valence-electron chi connectivity index (χ4n) is 2.81. The highest BCUT2D eigenvalue weighted by Gasteiger charge is 2.27. The Labute approximate surface area is 127 Å². The van der Waals surface area contributed by atoms with Crippen LogP contribution in [-0.2, 0) is 17.6 Å². The van der Waals surface area contributed by atoms with E-state index < -0.39 is 5.76 Å². The summed E-state index contributed by atoms with van der Waals surface area (Å²) in [6.45, 7) is 1.12. The normalized spacial score (nSPS) is 17.1. The number of aromatic nitrogens is 2. The summed E-state index contributed by atoms with van der Waals surface area (Å²) in [6.07, 6.45) is 1.18. The van der Waals surface area contributed by atoms with Gasteiger partial charge < -0.3 is 10.2 Å². The minimum Gasteiger partial charge on any atom is -0.374 e. The molecule has 1 amide bonds. The largest absolute Gasteiger partial charge is 0.438 e. The molecular weight excluding hydrogens is 284 g/mol. The molecule has 7 nitrogen and oxygen atoms in total. The highest BCUT2D eigenvalue weighted by Crippen LogP contribution is 2.28. The Balaban J connectivity index is 1.56. The number of nitrogens with zero attached hydrogens (tertiary/aromatic N) is 2. The van der Waals surface area contributed by atoms with E-state index >= 15 is 0 Å². The predicted octanol–water partition coefficient (Wildman–Crippen LogP) is 0.330. The number of anilines is 1. The van der Waals surface area contributed by atoms with Crippen molar-refractivity contribution in [3.8, 4) is 0 Å². The van der Waals surface area contributed by atoms with Crippen molar-refractivity contribution in [2.75, 3.05) is 25.0 Å². The van der Waals surface area contributed by atoms with Gasteiger partial charge in [0.2, 0.25) is 5.91 Å². The number of amides is 1. The molecule has 22 heavy (non-hydrogen) atoms. The van der Waals surface area contributed by atoms with Crippen LogP contribution in [0, 0.1) is 5.92 Å². The van der Waals surface area contributed by atoms with E-state index in [4.69, 9.17) is 0 Å². The Bertz CT molecular complexity index is 721. The van der Waals surface area contributed by atoms with Crippen LogP contribution >= 0.6 is 0 Å². The second kappa shape index (κ2) is 6.05. The highest BCUT2D eigenvalue weighted by molar-refractivity contribution is 5.81. The first-order valence-electron chi connectivity index (χ1n) is 7.25. The summed E-state index contributed by atoms with van der Waals surface area (Å²) in [5.74, 6) is -0.188. The van der Waals surface area contributed by atoms with Gasteiger partial charge in [-0.05, 0) is 18.1 Å². The van der Waals surface area contributed by atoms with Crippen molar-refractivity contribution >= 4 is 11.6 Å². The van der Waals surface area contributed by atoms with Crippen molar-refractivity contribution in [2.24, 2.45) is 5.92 Å². The maximum atomic E-state index is 12.3. The van der Waals surface area contributed by atoms with Gasteiger partial charge in [-0.3, -0.25) is 14.3 Å². The lowest BCUT2D eigenvalue weighted by Gasteiger charge is -2.32. The number of carbonyl (C=O) groups is 1.